The molecule has 0 saturated heterocycles. The number of hydrogen-bond donors (Lipinski definition) is 0. The van der Waals surface area contributed by atoms with Gasteiger partial charge in [0.1, 0.15) is 5.82 Å². The van der Waals surface area contributed by atoms with Gasteiger partial charge in [-0.2, -0.15) is 0 Å². The summed E-state index contributed by atoms with van der Waals surface area (Å²) in [6.45, 7) is 3.28. The van der Waals surface area contributed by atoms with Crippen molar-refractivity contribution in [1.29, 1.82) is 0 Å². The molecule has 4 heteroatoms. The molecule has 0 fully saturated rings. The van der Waals surface area contributed by atoms with Crippen LogP contribution in [0.4, 0.5) is 10.1 Å². The monoisotopic (exact) mass is 312 g/mol. The first-order chi connectivity index (χ1) is 11.1. The van der Waals surface area contributed by atoms with E-state index in [1.165, 1.54) is 17.7 Å². The van der Waals surface area contributed by atoms with Crippen LogP contribution < -0.4 is 4.90 Å². The van der Waals surface area contributed by atoms with Crippen LogP contribution in [0.3, 0.4) is 0 Å². The SMILES string of the molecule is C[C@@H](C(=O)N1CCc2ccccc21)N(C)Cc1ccc(F)cc1. The van der Waals surface area contributed by atoms with Gasteiger partial charge < -0.3 is 4.90 Å². The fourth-order valence-electron chi connectivity index (χ4n) is 3.00. The molecule has 0 aliphatic carbocycles. The summed E-state index contributed by atoms with van der Waals surface area (Å²) in [6.07, 6.45) is 0.913. The van der Waals surface area contributed by atoms with Crippen molar-refractivity contribution in [2.24, 2.45) is 0 Å². The van der Waals surface area contributed by atoms with E-state index in [0.29, 0.717) is 6.54 Å². The van der Waals surface area contributed by atoms with Crippen LogP contribution in [0.15, 0.2) is 48.5 Å². The molecule has 2 aromatic rings. The van der Waals surface area contributed by atoms with Gasteiger partial charge >= 0.3 is 0 Å². The van der Waals surface area contributed by atoms with E-state index < -0.39 is 0 Å². The second kappa shape index (κ2) is 6.50. The number of para-hydroxylation sites is 1. The molecule has 0 aromatic heterocycles. The van der Waals surface area contributed by atoms with E-state index in [0.717, 1.165) is 24.2 Å². The van der Waals surface area contributed by atoms with E-state index in [4.69, 9.17) is 0 Å². The van der Waals surface area contributed by atoms with Gasteiger partial charge in [-0.1, -0.05) is 30.3 Å². The lowest BCUT2D eigenvalue weighted by molar-refractivity contribution is -0.122. The molecular formula is C19H21FN2O. The molecule has 23 heavy (non-hydrogen) atoms. The molecule has 1 aliphatic heterocycles. The first kappa shape index (κ1) is 15.7. The fraction of sp³-hybridized carbons (Fsp3) is 0.316. The van der Waals surface area contributed by atoms with E-state index in [-0.39, 0.29) is 17.8 Å². The highest BCUT2D eigenvalue weighted by Crippen LogP contribution is 2.28. The number of rotatable bonds is 4. The number of amides is 1. The van der Waals surface area contributed by atoms with Gasteiger partial charge in [-0.05, 0) is 49.7 Å². The van der Waals surface area contributed by atoms with Crippen molar-refractivity contribution in [1.82, 2.24) is 4.90 Å². The lowest BCUT2D eigenvalue weighted by Crippen LogP contribution is -2.45. The lowest BCUT2D eigenvalue weighted by Gasteiger charge is -2.28. The highest BCUT2D eigenvalue weighted by molar-refractivity contribution is 5.98. The van der Waals surface area contributed by atoms with Crippen molar-refractivity contribution in [3.8, 4) is 0 Å². The topological polar surface area (TPSA) is 23.6 Å². The molecule has 1 aliphatic rings. The Bertz CT molecular complexity index is 699. The Labute approximate surface area is 136 Å². The Balaban J connectivity index is 1.69. The summed E-state index contributed by atoms with van der Waals surface area (Å²) >= 11 is 0. The minimum absolute atomic E-state index is 0.111. The third-order valence-electron chi connectivity index (χ3n) is 4.52. The second-order valence-electron chi connectivity index (χ2n) is 6.09. The van der Waals surface area contributed by atoms with Gasteiger partial charge in [0.05, 0.1) is 6.04 Å². The van der Waals surface area contributed by atoms with Gasteiger partial charge in [0.15, 0.2) is 0 Å². The van der Waals surface area contributed by atoms with Gasteiger partial charge in [-0.3, -0.25) is 9.69 Å². The van der Waals surface area contributed by atoms with Gasteiger partial charge in [0.25, 0.3) is 0 Å². The second-order valence-corrected chi connectivity index (χ2v) is 6.09. The van der Waals surface area contributed by atoms with Gasteiger partial charge in [-0.15, -0.1) is 0 Å². The Morgan fingerprint density at radius 3 is 2.65 bits per heavy atom. The van der Waals surface area contributed by atoms with E-state index in [9.17, 15) is 9.18 Å². The summed E-state index contributed by atoms with van der Waals surface area (Å²) in [5.74, 6) is -0.131. The highest BCUT2D eigenvalue weighted by atomic mass is 19.1. The number of nitrogens with zero attached hydrogens (tertiary/aromatic N) is 2. The molecule has 2 aromatic carbocycles. The Morgan fingerprint density at radius 2 is 1.91 bits per heavy atom. The number of hydrogen-bond acceptors (Lipinski definition) is 2. The predicted octanol–water partition coefficient (Wildman–Crippen LogP) is 3.24. The average molecular weight is 312 g/mol. The minimum Gasteiger partial charge on any atom is -0.310 e. The maximum Gasteiger partial charge on any atom is 0.244 e. The molecule has 3 rings (SSSR count). The number of benzene rings is 2. The molecular weight excluding hydrogens is 291 g/mol. The number of fused-ring (bicyclic) bond motifs is 1. The summed E-state index contributed by atoms with van der Waals surface area (Å²) in [5, 5.41) is 0. The number of anilines is 1. The quantitative estimate of drug-likeness (QED) is 0.865. The number of carbonyl (C=O) groups is 1. The van der Waals surface area contributed by atoms with Crippen LogP contribution in [-0.2, 0) is 17.8 Å². The number of carbonyl (C=O) groups excluding carboxylic acids is 1. The molecule has 0 unspecified atom stereocenters. The molecule has 0 N–H and O–H groups in total. The highest BCUT2D eigenvalue weighted by Gasteiger charge is 2.29. The zero-order chi connectivity index (χ0) is 16.4. The number of likely N-dealkylation sites (N-methyl/N-ethyl adjacent to an activating group) is 1. The predicted molar refractivity (Wildman–Crippen MR) is 89.8 cm³/mol. The van der Waals surface area contributed by atoms with Crippen LogP contribution in [0.1, 0.15) is 18.1 Å². The van der Waals surface area contributed by atoms with Crippen LogP contribution in [0.2, 0.25) is 0 Å². The van der Waals surface area contributed by atoms with E-state index >= 15 is 0 Å². The smallest absolute Gasteiger partial charge is 0.244 e. The summed E-state index contributed by atoms with van der Waals surface area (Å²) in [7, 11) is 1.92. The van der Waals surface area contributed by atoms with Crippen molar-refractivity contribution in [2.75, 3.05) is 18.5 Å². The summed E-state index contributed by atoms with van der Waals surface area (Å²) in [4.78, 5) is 16.7. The third kappa shape index (κ3) is 3.27. The largest absolute Gasteiger partial charge is 0.310 e. The van der Waals surface area contributed by atoms with Crippen molar-refractivity contribution in [3.63, 3.8) is 0 Å². The molecule has 0 radical (unpaired) electrons. The molecule has 3 nitrogen and oxygen atoms in total. The molecule has 0 bridgehead atoms. The zero-order valence-electron chi connectivity index (χ0n) is 13.5. The summed E-state index contributed by atoms with van der Waals surface area (Å²) in [5.41, 5.74) is 3.25. The van der Waals surface area contributed by atoms with Crippen LogP contribution >= 0.6 is 0 Å². The molecule has 1 atom stereocenters. The fourth-order valence-corrected chi connectivity index (χ4v) is 3.00. The molecule has 0 saturated carbocycles. The first-order valence-electron chi connectivity index (χ1n) is 7.90. The maximum atomic E-state index is 13.0. The molecule has 0 spiro atoms. The van der Waals surface area contributed by atoms with Crippen molar-refractivity contribution in [2.45, 2.75) is 25.9 Å². The van der Waals surface area contributed by atoms with Gasteiger partial charge in [0, 0.05) is 18.8 Å². The third-order valence-corrected chi connectivity index (χ3v) is 4.52. The number of halogens is 1. The average Bonchev–Trinajstić information content (AvgIpc) is 2.99. The van der Waals surface area contributed by atoms with Crippen molar-refractivity contribution < 1.29 is 9.18 Å². The molecule has 120 valence electrons. The Morgan fingerprint density at radius 1 is 1.22 bits per heavy atom. The van der Waals surface area contributed by atoms with Crippen LogP contribution in [0, 0.1) is 5.82 Å². The van der Waals surface area contributed by atoms with Crippen LogP contribution in [0.5, 0.6) is 0 Å². The Kier molecular flexibility index (Phi) is 4.44. The minimum atomic E-state index is -0.241. The maximum absolute atomic E-state index is 13.0. The van der Waals surface area contributed by atoms with E-state index in [1.807, 2.05) is 42.0 Å². The van der Waals surface area contributed by atoms with Crippen molar-refractivity contribution in [3.05, 3.63) is 65.5 Å². The Hall–Kier alpha value is -2.20. The van der Waals surface area contributed by atoms with Gasteiger partial charge in [0.2, 0.25) is 5.91 Å². The standard InChI is InChI=1S/C19H21FN2O/c1-14(21(2)13-15-7-9-17(20)10-8-15)19(23)22-12-11-16-5-3-4-6-18(16)22/h3-10,14H,11-13H2,1-2H3/t14-/m0/s1. The lowest BCUT2D eigenvalue weighted by atomic mass is 10.1. The van der Waals surface area contributed by atoms with Crippen LogP contribution in [-0.4, -0.2) is 30.4 Å². The summed E-state index contributed by atoms with van der Waals surface area (Å²) in [6, 6.07) is 14.3. The van der Waals surface area contributed by atoms with E-state index in [1.54, 1.807) is 12.1 Å². The van der Waals surface area contributed by atoms with Crippen molar-refractivity contribution >= 4 is 11.6 Å². The zero-order valence-corrected chi connectivity index (χ0v) is 13.5. The van der Waals surface area contributed by atoms with E-state index in [2.05, 4.69) is 6.07 Å². The molecule has 1 amide bonds. The first-order valence-corrected chi connectivity index (χ1v) is 7.90. The van der Waals surface area contributed by atoms with Gasteiger partial charge in [-0.25, -0.2) is 4.39 Å². The normalized spacial score (nSPS) is 14.9. The molecule has 1 heterocycles. The van der Waals surface area contributed by atoms with Crippen LogP contribution in [0.25, 0.3) is 0 Å². The summed E-state index contributed by atoms with van der Waals surface area (Å²) < 4.78 is 13.0.